The molecule has 1 aromatic carbocycles. The van der Waals surface area contributed by atoms with Crippen molar-refractivity contribution in [1.82, 2.24) is 0 Å². The van der Waals surface area contributed by atoms with Gasteiger partial charge in [-0.2, -0.15) is 0 Å². The van der Waals surface area contributed by atoms with E-state index < -0.39 is 15.3 Å². The Morgan fingerprint density at radius 2 is 1.89 bits per heavy atom. The standard InChI is InChI=1S/C16H28O2Si/c1-7-8-12-11-13(15(17)18-19(5)6)9-10-14(12)16(2,3)4/h9-11,15,17,19H,7-8H2,1-6H3. The maximum Gasteiger partial charge on any atom is 0.174 e. The van der Waals surface area contributed by atoms with Gasteiger partial charge in [0, 0.05) is 5.56 Å². The minimum absolute atomic E-state index is 0.141. The number of hydrogen-bond acceptors (Lipinski definition) is 2. The molecule has 19 heavy (non-hydrogen) atoms. The zero-order valence-corrected chi connectivity index (χ0v) is 14.3. The van der Waals surface area contributed by atoms with Crippen LogP contribution in [0, 0.1) is 0 Å². The first kappa shape index (κ1) is 16.4. The van der Waals surface area contributed by atoms with Crippen molar-refractivity contribution < 1.29 is 9.53 Å². The van der Waals surface area contributed by atoms with Crippen LogP contribution in [0.25, 0.3) is 0 Å². The molecule has 0 saturated carbocycles. The van der Waals surface area contributed by atoms with Crippen LogP contribution in [0.4, 0.5) is 0 Å². The Labute approximate surface area is 119 Å². The van der Waals surface area contributed by atoms with Crippen LogP contribution < -0.4 is 0 Å². The fraction of sp³-hybridized carbons (Fsp3) is 0.625. The molecule has 2 nitrogen and oxygen atoms in total. The Kier molecular flexibility index (Phi) is 5.77. The van der Waals surface area contributed by atoms with Gasteiger partial charge in [-0.3, -0.25) is 0 Å². The maximum atomic E-state index is 10.1. The Bertz CT molecular complexity index is 408. The van der Waals surface area contributed by atoms with Crippen molar-refractivity contribution in [3.8, 4) is 0 Å². The predicted molar refractivity (Wildman–Crippen MR) is 84.1 cm³/mol. The van der Waals surface area contributed by atoms with Crippen LogP contribution in [-0.4, -0.2) is 14.1 Å². The maximum absolute atomic E-state index is 10.1. The van der Waals surface area contributed by atoms with Crippen LogP contribution in [0.1, 0.15) is 57.1 Å². The van der Waals surface area contributed by atoms with Gasteiger partial charge in [-0.05, 0) is 36.1 Å². The number of aliphatic hydroxyl groups is 1. The van der Waals surface area contributed by atoms with Crippen molar-refractivity contribution in [3.63, 3.8) is 0 Å². The van der Waals surface area contributed by atoms with Crippen LogP contribution in [0.2, 0.25) is 13.1 Å². The molecule has 1 atom stereocenters. The highest BCUT2D eigenvalue weighted by atomic mass is 28.3. The van der Waals surface area contributed by atoms with Gasteiger partial charge in [0.1, 0.15) is 0 Å². The molecule has 3 heteroatoms. The molecule has 0 amide bonds. The summed E-state index contributed by atoms with van der Waals surface area (Å²) in [4.78, 5) is 0. The van der Waals surface area contributed by atoms with Crippen molar-refractivity contribution in [2.24, 2.45) is 0 Å². The van der Waals surface area contributed by atoms with E-state index in [1.54, 1.807) is 0 Å². The molecule has 108 valence electrons. The predicted octanol–water partition coefficient (Wildman–Crippen LogP) is 3.93. The van der Waals surface area contributed by atoms with E-state index in [2.05, 4.69) is 52.9 Å². The third kappa shape index (κ3) is 4.75. The molecule has 0 bridgehead atoms. The number of benzene rings is 1. The lowest BCUT2D eigenvalue weighted by Crippen LogP contribution is -2.17. The van der Waals surface area contributed by atoms with Gasteiger partial charge >= 0.3 is 0 Å². The zero-order valence-electron chi connectivity index (χ0n) is 13.2. The van der Waals surface area contributed by atoms with Crippen LogP contribution in [-0.2, 0) is 16.3 Å². The highest BCUT2D eigenvalue weighted by molar-refractivity contribution is 6.48. The molecule has 0 aliphatic carbocycles. The lowest BCUT2D eigenvalue weighted by atomic mass is 9.82. The van der Waals surface area contributed by atoms with Gasteiger partial charge in [0.15, 0.2) is 15.3 Å². The molecular weight excluding hydrogens is 252 g/mol. The zero-order chi connectivity index (χ0) is 14.6. The van der Waals surface area contributed by atoms with E-state index >= 15 is 0 Å². The third-order valence-corrected chi connectivity index (χ3v) is 3.94. The van der Waals surface area contributed by atoms with Gasteiger partial charge in [-0.25, -0.2) is 0 Å². The van der Waals surface area contributed by atoms with Crippen molar-refractivity contribution in [1.29, 1.82) is 0 Å². The quantitative estimate of drug-likeness (QED) is 0.654. The molecule has 1 rings (SSSR count). The summed E-state index contributed by atoms with van der Waals surface area (Å²) in [5, 5.41) is 10.1. The summed E-state index contributed by atoms with van der Waals surface area (Å²) in [7, 11) is -1.23. The van der Waals surface area contributed by atoms with Crippen molar-refractivity contribution in [2.45, 2.75) is 65.3 Å². The molecule has 0 aliphatic heterocycles. The first-order valence-electron chi connectivity index (χ1n) is 7.22. The molecule has 1 unspecified atom stereocenters. The first-order valence-corrected chi connectivity index (χ1v) is 10.0. The average molecular weight is 280 g/mol. The topological polar surface area (TPSA) is 29.5 Å². The second-order valence-electron chi connectivity index (χ2n) is 6.45. The second-order valence-corrected chi connectivity index (χ2v) is 8.82. The summed E-state index contributed by atoms with van der Waals surface area (Å²) in [6.07, 6.45) is 1.39. The van der Waals surface area contributed by atoms with Crippen LogP contribution in [0.5, 0.6) is 0 Å². The minimum Gasteiger partial charge on any atom is -0.393 e. The molecule has 1 N–H and O–H groups in total. The monoisotopic (exact) mass is 280 g/mol. The van der Waals surface area contributed by atoms with E-state index in [1.807, 2.05) is 6.07 Å². The molecule has 0 saturated heterocycles. The number of rotatable bonds is 5. The van der Waals surface area contributed by atoms with Gasteiger partial charge < -0.3 is 9.53 Å². The Morgan fingerprint density at radius 1 is 1.26 bits per heavy atom. The fourth-order valence-electron chi connectivity index (χ4n) is 2.31. The van der Waals surface area contributed by atoms with Crippen molar-refractivity contribution in [2.75, 3.05) is 0 Å². The van der Waals surface area contributed by atoms with Gasteiger partial charge in [-0.15, -0.1) is 0 Å². The number of aryl methyl sites for hydroxylation is 1. The van der Waals surface area contributed by atoms with Crippen molar-refractivity contribution >= 4 is 9.04 Å². The van der Waals surface area contributed by atoms with Crippen LogP contribution in [0.15, 0.2) is 18.2 Å². The van der Waals surface area contributed by atoms with E-state index in [9.17, 15) is 5.11 Å². The van der Waals surface area contributed by atoms with Gasteiger partial charge in [0.2, 0.25) is 0 Å². The Morgan fingerprint density at radius 3 is 2.37 bits per heavy atom. The summed E-state index contributed by atoms with van der Waals surface area (Å²) >= 11 is 0. The van der Waals surface area contributed by atoms with E-state index in [0.29, 0.717) is 0 Å². The molecule has 1 aromatic rings. The van der Waals surface area contributed by atoms with Gasteiger partial charge in [-0.1, -0.05) is 52.3 Å². The van der Waals surface area contributed by atoms with Crippen LogP contribution >= 0.6 is 0 Å². The van der Waals surface area contributed by atoms with Crippen molar-refractivity contribution in [3.05, 3.63) is 34.9 Å². The van der Waals surface area contributed by atoms with E-state index in [1.165, 1.54) is 11.1 Å². The van der Waals surface area contributed by atoms with E-state index in [4.69, 9.17) is 4.43 Å². The summed E-state index contributed by atoms with van der Waals surface area (Å²) in [6.45, 7) is 13.0. The molecule has 0 heterocycles. The Hall–Kier alpha value is -0.643. The minimum atomic E-state index is -1.23. The summed E-state index contributed by atoms with van der Waals surface area (Å²) in [5.41, 5.74) is 3.73. The average Bonchev–Trinajstić information content (AvgIpc) is 2.27. The molecule has 0 fully saturated rings. The lowest BCUT2D eigenvalue weighted by Gasteiger charge is -2.25. The molecule has 0 aromatic heterocycles. The number of aliphatic hydroxyl groups excluding tert-OH is 1. The van der Waals surface area contributed by atoms with E-state index in [0.717, 1.165) is 18.4 Å². The van der Waals surface area contributed by atoms with Gasteiger partial charge in [0.05, 0.1) is 0 Å². The SMILES string of the molecule is CCCc1cc(C(O)O[SiH](C)C)ccc1C(C)(C)C. The lowest BCUT2D eigenvalue weighted by molar-refractivity contribution is -0.0212. The summed E-state index contributed by atoms with van der Waals surface area (Å²) in [6, 6.07) is 6.27. The smallest absolute Gasteiger partial charge is 0.174 e. The highest BCUT2D eigenvalue weighted by Gasteiger charge is 2.19. The fourth-order valence-corrected chi connectivity index (χ4v) is 2.98. The largest absolute Gasteiger partial charge is 0.393 e. The second kappa shape index (κ2) is 6.68. The number of hydrogen-bond donors (Lipinski definition) is 1. The third-order valence-electron chi connectivity index (χ3n) is 3.14. The normalized spacial score (nSPS) is 13.9. The Balaban J connectivity index is 3.08. The first-order chi connectivity index (χ1) is 8.75. The van der Waals surface area contributed by atoms with Gasteiger partial charge in [0.25, 0.3) is 0 Å². The molecular formula is C16H28O2Si. The molecule has 0 radical (unpaired) electrons. The molecule has 0 aliphatic rings. The van der Waals surface area contributed by atoms with E-state index in [-0.39, 0.29) is 5.41 Å². The highest BCUT2D eigenvalue weighted by Crippen LogP contribution is 2.29. The summed E-state index contributed by atoms with van der Waals surface area (Å²) in [5.74, 6) is 0. The van der Waals surface area contributed by atoms with Crippen LogP contribution in [0.3, 0.4) is 0 Å². The molecule has 0 spiro atoms. The summed E-state index contributed by atoms with van der Waals surface area (Å²) < 4.78 is 5.59.